The molecular formula is C23H22N2O5S. The number of nitrogens with zero attached hydrogens (tertiary/aromatic N) is 1. The number of nitrogens with one attached hydrogen (secondary N) is 1. The number of rotatable bonds is 9. The number of amides is 3. The van der Waals surface area contributed by atoms with Gasteiger partial charge in [-0.3, -0.25) is 19.3 Å². The molecule has 2 aromatic carbocycles. The van der Waals surface area contributed by atoms with E-state index < -0.39 is 17.1 Å². The molecule has 1 fully saturated rings. The van der Waals surface area contributed by atoms with Crippen molar-refractivity contribution in [3.63, 3.8) is 0 Å². The smallest absolute Gasteiger partial charge is 0.294 e. The van der Waals surface area contributed by atoms with Gasteiger partial charge in [-0.1, -0.05) is 24.8 Å². The Bertz CT molecular complexity index is 1000. The average molecular weight is 439 g/mol. The molecule has 1 saturated heterocycles. The molecule has 31 heavy (non-hydrogen) atoms. The zero-order valence-electron chi connectivity index (χ0n) is 17.0. The quantitative estimate of drug-likeness (QED) is 0.464. The minimum absolute atomic E-state index is 0.263. The van der Waals surface area contributed by atoms with Gasteiger partial charge in [0, 0.05) is 5.69 Å². The van der Waals surface area contributed by atoms with Gasteiger partial charge in [-0.15, -0.1) is 0 Å². The van der Waals surface area contributed by atoms with Crippen LogP contribution in [-0.4, -0.2) is 41.7 Å². The molecule has 1 aliphatic heterocycles. The van der Waals surface area contributed by atoms with Crippen LogP contribution >= 0.6 is 11.8 Å². The molecule has 0 unspecified atom stereocenters. The highest BCUT2D eigenvalue weighted by molar-refractivity contribution is 8.18. The Balaban J connectivity index is 1.60. The predicted molar refractivity (Wildman–Crippen MR) is 121 cm³/mol. The second-order valence-corrected chi connectivity index (χ2v) is 7.44. The number of hydrogen-bond donors (Lipinski definition) is 1. The summed E-state index contributed by atoms with van der Waals surface area (Å²) in [4.78, 5) is 38.4. The number of carbonyl (C=O) groups excluding carboxylic acids is 3. The molecule has 0 bridgehead atoms. The highest BCUT2D eigenvalue weighted by atomic mass is 32.2. The lowest BCUT2D eigenvalue weighted by molar-refractivity contribution is -0.127. The highest BCUT2D eigenvalue weighted by Gasteiger charge is 2.36. The summed E-state index contributed by atoms with van der Waals surface area (Å²) in [5.41, 5.74) is 1.30. The highest BCUT2D eigenvalue weighted by Crippen LogP contribution is 2.32. The van der Waals surface area contributed by atoms with Crippen molar-refractivity contribution in [1.82, 2.24) is 4.90 Å². The van der Waals surface area contributed by atoms with Gasteiger partial charge in [0.2, 0.25) is 5.91 Å². The van der Waals surface area contributed by atoms with E-state index in [1.807, 2.05) is 6.92 Å². The molecule has 3 rings (SSSR count). The summed E-state index contributed by atoms with van der Waals surface area (Å²) >= 11 is 0.808. The van der Waals surface area contributed by atoms with E-state index in [2.05, 4.69) is 11.9 Å². The number of imide groups is 1. The van der Waals surface area contributed by atoms with Crippen molar-refractivity contribution >= 4 is 40.6 Å². The fraction of sp³-hybridized carbons (Fsp3) is 0.174. The molecule has 0 spiro atoms. The first-order chi connectivity index (χ1) is 15.0. The first kappa shape index (κ1) is 22.2. The summed E-state index contributed by atoms with van der Waals surface area (Å²) in [7, 11) is 0. The van der Waals surface area contributed by atoms with Crippen LogP contribution in [0.4, 0.5) is 10.5 Å². The van der Waals surface area contributed by atoms with E-state index in [1.165, 1.54) is 0 Å². The number of thioether (sulfide) groups is 1. The van der Waals surface area contributed by atoms with E-state index in [4.69, 9.17) is 9.47 Å². The molecule has 8 heteroatoms. The van der Waals surface area contributed by atoms with Crippen molar-refractivity contribution in [1.29, 1.82) is 0 Å². The molecule has 0 aromatic heterocycles. The third kappa shape index (κ3) is 5.99. The normalized spacial score (nSPS) is 14.6. The second kappa shape index (κ2) is 10.5. The molecule has 3 amide bonds. The minimum Gasteiger partial charge on any atom is -0.494 e. The van der Waals surface area contributed by atoms with Crippen LogP contribution in [0.2, 0.25) is 0 Å². The van der Waals surface area contributed by atoms with Crippen molar-refractivity contribution in [2.45, 2.75) is 6.92 Å². The standard InChI is InChI=1S/C23H22N2O5S/c1-3-13-30-19-9-5-16(6-10-19)14-20-22(27)25(23(28)31-20)15-21(26)24-17-7-11-18(12-8-17)29-4-2/h3,5-12,14H,1,4,13,15H2,2H3,(H,24,26)/b20-14+. The van der Waals surface area contributed by atoms with Gasteiger partial charge in [-0.2, -0.15) is 0 Å². The van der Waals surface area contributed by atoms with Crippen LogP contribution in [0.25, 0.3) is 6.08 Å². The second-order valence-electron chi connectivity index (χ2n) is 6.44. The Labute approximate surface area is 184 Å². The van der Waals surface area contributed by atoms with Crippen LogP contribution in [0.15, 0.2) is 66.1 Å². The number of hydrogen-bond acceptors (Lipinski definition) is 6. The summed E-state index contributed by atoms with van der Waals surface area (Å²) in [5, 5.41) is 2.19. The third-order valence-electron chi connectivity index (χ3n) is 4.17. The Morgan fingerprint density at radius 3 is 2.35 bits per heavy atom. The maximum absolute atomic E-state index is 12.6. The van der Waals surface area contributed by atoms with Gasteiger partial charge in [0.15, 0.2) is 0 Å². The van der Waals surface area contributed by atoms with E-state index in [0.717, 1.165) is 22.2 Å². The van der Waals surface area contributed by atoms with Crippen LogP contribution < -0.4 is 14.8 Å². The summed E-state index contributed by atoms with van der Waals surface area (Å²) in [5.74, 6) is 0.410. The Hall–Kier alpha value is -3.52. The van der Waals surface area contributed by atoms with Crippen LogP contribution in [0.3, 0.4) is 0 Å². The first-order valence-electron chi connectivity index (χ1n) is 9.62. The zero-order valence-corrected chi connectivity index (χ0v) is 17.8. The van der Waals surface area contributed by atoms with E-state index in [0.29, 0.717) is 30.4 Å². The number of benzene rings is 2. The molecule has 160 valence electrons. The van der Waals surface area contributed by atoms with Gasteiger partial charge in [0.1, 0.15) is 24.7 Å². The van der Waals surface area contributed by atoms with E-state index in [9.17, 15) is 14.4 Å². The lowest BCUT2D eigenvalue weighted by Gasteiger charge is -2.12. The first-order valence-corrected chi connectivity index (χ1v) is 10.4. The molecule has 0 atom stereocenters. The number of carbonyl (C=O) groups is 3. The van der Waals surface area contributed by atoms with Crippen molar-refractivity contribution in [3.8, 4) is 11.5 Å². The fourth-order valence-electron chi connectivity index (χ4n) is 2.75. The lowest BCUT2D eigenvalue weighted by Crippen LogP contribution is -2.36. The van der Waals surface area contributed by atoms with Crippen LogP contribution in [-0.2, 0) is 9.59 Å². The average Bonchev–Trinajstić information content (AvgIpc) is 3.02. The van der Waals surface area contributed by atoms with Crippen molar-refractivity contribution < 1.29 is 23.9 Å². The molecule has 0 aliphatic carbocycles. The number of anilines is 1. The van der Waals surface area contributed by atoms with Gasteiger partial charge in [0.05, 0.1) is 11.5 Å². The zero-order chi connectivity index (χ0) is 22.2. The van der Waals surface area contributed by atoms with Crippen molar-refractivity contribution in [2.75, 3.05) is 25.1 Å². The molecular weight excluding hydrogens is 416 g/mol. The molecule has 1 heterocycles. The monoisotopic (exact) mass is 438 g/mol. The summed E-state index contributed by atoms with van der Waals surface area (Å²) in [6, 6.07) is 14.0. The third-order valence-corrected chi connectivity index (χ3v) is 5.08. The Morgan fingerprint density at radius 2 is 1.71 bits per heavy atom. The van der Waals surface area contributed by atoms with E-state index in [-0.39, 0.29) is 11.4 Å². The maximum Gasteiger partial charge on any atom is 0.294 e. The van der Waals surface area contributed by atoms with Gasteiger partial charge < -0.3 is 14.8 Å². The summed E-state index contributed by atoms with van der Waals surface area (Å²) in [6.07, 6.45) is 3.27. The van der Waals surface area contributed by atoms with Crippen LogP contribution in [0.1, 0.15) is 12.5 Å². The lowest BCUT2D eigenvalue weighted by atomic mass is 10.2. The van der Waals surface area contributed by atoms with Gasteiger partial charge in [-0.25, -0.2) is 0 Å². The topological polar surface area (TPSA) is 84.9 Å². The number of ether oxygens (including phenoxy) is 2. The minimum atomic E-state index is -0.496. The Morgan fingerprint density at radius 1 is 1.06 bits per heavy atom. The van der Waals surface area contributed by atoms with Gasteiger partial charge in [-0.05, 0) is 66.7 Å². The predicted octanol–water partition coefficient (Wildman–Crippen LogP) is 4.33. The van der Waals surface area contributed by atoms with Crippen LogP contribution in [0.5, 0.6) is 11.5 Å². The van der Waals surface area contributed by atoms with Crippen molar-refractivity contribution in [2.24, 2.45) is 0 Å². The SMILES string of the molecule is C=CCOc1ccc(/C=C2/SC(=O)N(CC(=O)Nc3ccc(OCC)cc3)C2=O)cc1. The molecule has 1 aliphatic rings. The van der Waals surface area contributed by atoms with E-state index in [1.54, 1.807) is 60.7 Å². The molecule has 0 radical (unpaired) electrons. The molecule has 2 aromatic rings. The van der Waals surface area contributed by atoms with E-state index >= 15 is 0 Å². The van der Waals surface area contributed by atoms with Gasteiger partial charge >= 0.3 is 0 Å². The molecule has 7 nitrogen and oxygen atoms in total. The summed E-state index contributed by atoms with van der Waals surface area (Å²) in [6.45, 7) is 6.07. The maximum atomic E-state index is 12.6. The van der Waals surface area contributed by atoms with Gasteiger partial charge in [0.25, 0.3) is 11.1 Å². The van der Waals surface area contributed by atoms with Crippen molar-refractivity contribution in [3.05, 3.63) is 71.7 Å². The fourth-order valence-corrected chi connectivity index (χ4v) is 3.59. The molecule has 1 N–H and O–H groups in total. The summed E-state index contributed by atoms with van der Waals surface area (Å²) < 4.78 is 10.8. The van der Waals surface area contributed by atoms with Crippen LogP contribution in [0, 0.1) is 0 Å². The molecule has 0 saturated carbocycles. The largest absolute Gasteiger partial charge is 0.494 e. The Kier molecular flexibility index (Phi) is 7.50.